The molecule has 0 amide bonds. The summed E-state index contributed by atoms with van der Waals surface area (Å²) in [4.78, 5) is 7.99. The zero-order valence-electron chi connectivity index (χ0n) is 12.6. The molecule has 2 aromatic carbocycles. The number of aromatic nitrogens is 1. The van der Waals surface area contributed by atoms with Gasteiger partial charge in [-0.3, -0.25) is 4.98 Å². The molecule has 3 rings (SSSR count). The molecule has 1 aromatic heterocycles. The monoisotopic (exact) mass is 295 g/mol. The van der Waals surface area contributed by atoms with Crippen molar-refractivity contribution >= 4 is 5.69 Å². The highest BCUT2D eigenvalue weighted by Gasteiger charge is 2.13. The van der Waals surface area contributed by atoms with Gasteiger partial charge in [-0.25, -0.2) is 4.85 Å². The smallest absolute Gasteiger partial charge is 0.189 e. The van der Waals surface area contributed by atoms with Crippen LogP contribution in [0.4, 0.5) is 5.69 Å². The van der Waals surface area contributed by atoms with E-state index in [1.807, 2.05) is 43.3 Å². The van der Waals surface area contributed by atoms with Crippen molar-refractivity contribution in [3.05, 3.63) is 83.3 Å². The second-order valence-corrected chi connectivity index (χ2v) is 5.21. The summed E-state index contributed by atoms with van der Waals surface area (Å²) in [5.41, 5.74) is 5.69. The lowest BCUT2D eigenvalue weighted by molar-refractivity contribution is 1.28. The highest BCUT2D eigenvalue weighted by Crippen LogP contribution is 2.34. The molecular formula is C20H13N3. The molecule has 0 bridgehead atoms. The highest BCUT2D eigenvalue weighted by molar-refractivity contribution is 5.84. The van der Waals surface area contributed by atoms with Gasteiger partial charge in [-0.15, -0.1) is 0 Å². The van der Waals surface area contributed by atoms with Crippen LogP contribution in [-0.4, -0.2) is 4.98 Å². The maximum Gasteiger partial charge on any atom is 0.189 e. The van der Waals surface area contributed by atoms with Gasteiger partial charge in [0.2, 0.25) is 0 Å². The molecule has 0 aliphatic carbocycles. The van der Waals surface area contributed by atoms with Crippen molar-refractivity contribution in [1.82, 2.24) is 4.98 Å². The Labute approximate surface area is 135 Å². The number of nitriles is 1. The number of nitrogens with zero attached hydrogens (tertiary/aromatic N) is 3. The molecule has 0 radical (unpaired) electrons. The maximum atomic E-state index is 9.20. The second kappa shape index (κ2) is 6.13. The fourth-order valence-electron chi connectivity index (χ4n) is 2.62. The SMILES string of the molecule is [C-]#[N+]c1cc(C#N)cc(-c2nccc(C)c2-c2ccccc2)c1. The molecule has 0 N–H and O–H groups in total. The van der Waals surface area contributed by atoms with Crippen molar-refractivity contribution in [3.63, 3.8) is 0 Å². The minimum Gasteiger partial charge on any atom is -0.256 e. The van der Waals surface area contributed by atoms with Crippen LogP contribution in [-0.2, 0) is 0 Å². The van der Waals surface area contributed by atoms with Crippen LogP contribution in [0.3, 0.4) is 0 Å². The van der Waals surface area contributed by atoms with Crippen LogP contribution in [0, 0.1) is 24.8 Å². The first kappa shape index (κ1) is 14.5. The van der Waals surface area contributed by atoms with Crippen molar-refractivity contribution < 1.29 is 0 Å². The molecule has 23 heavy (non-hydrogen) atoms. The number of aryl methyl sites for hydroxylation is 1. The Hall–Kier alpha value is -3.43. The van der Waals surface area contributed by atoms with E-state index in [1.165, 1.54) is 0 Å². The molecule has 0 aliphatic heterocycles. The lowest BCUT2D eigenvalue weighted by Crippen LogP contribution is -1.93. The standard InChI is InChI=1S/C20H13N3/c1-14-8-9-23-20(19(14)16-6-4-3-5-7-16)17-10-15(13-21)11-18(12-17)22-2/h3-12H,1H3. The summed E-state index contributed by atoms with van der Waals surface area (Å²) in [7, 11) is 0. The normalized spacial score (nSPS) is 9.87. The summed E-state index contributed by atoms with van der Waals surface area (Å²) >= 11 is 0. The molecule has 0 saturated heterocycles. The van der Waals surface area contributed by atoms with Crippen LogP contribution >= 0.6 is 0 Å². The summed E-state index contributed by atoms with van der Waals surface area (Å²) in [6.45, 7) is 9.27. The molecule has 1 heterocycles. The number of hydrogen-bond acceptors (Lipinski definition) is 2. The highest BCUT2D eigenvalue weighted by atomic mass is 14.7. The predicted molar refractivity (Wildman–Crippen MR) is 90.8 cm³/mol. The van der Waals surface area contributed by atoms with Crippen LogP contribution in [0.5, 0.6) is 0 Å². The van der Waals surface area contributed by atoms with Gasteiger partial charge < -0.3 is 0 Å². The Balaban J connectivity index is 2.29. The molecular weight excluding hydrogens is 282 g/mol. The quantitative estimate of drug-likeness (QED) is 0.614. The summed E-state index contributed by atoms with van der Waals surface area (Å²) < 4.78 is 0. The lowest BCUT2D eigenvalue weighted by atomic mass is 9.94. The van der Waals surface area contributed by atoms with Gasteiger partial charge in [-0.2, -0.15) is 5.26 Å². The van der Waals surface area contributed by atoms with Crippen molar-refractivity contribution in [3.8, 4) is 28.5 Å². The lowest BCUT2D eigenvalue weighted by Gasteiger charge is -2.13. The zero-order valence-corrected chi connectivity index (χ0v) is 12.6. The molecule has 3 heteroatoms. The van der Waals surface area contributed by atoms with Crippen molar-refractivity contribution in [1.29, 1.82) is 5.26 Å². The number of pyridine rings is 1. The Morgan fingerprint density at radius 2 is 1.83 bits per heavy atom. The van der Waals surface area contributed by atoms with Crippen LogP contribution in [0.25, 0.3) is 27.2 Å². The molecule has 3 aromatic rings. The van der Waals surface area contributed by atoms with Crippen LogP contribution in [0.2, 0.25) is 0 Å². The van der Waals surface area contributed by atoms with Crippen LogP contribution < -0.4 is 0 Å². The first-order valence-corrected chi connectivity index (χ1v) is 7.17. The summed E-state index contributed by atoms with van der Waals surface area (Å²) in [6.07, 6.45) is 1.76. The van der Waals surface area contributed by atoms with Gasteiger partial charge >= 0.3 is 0 Å². The van der Waals surface area contributed by atoms with Gasteiger partial charge in [-0.05, 0) is 47.9 Å². The minimum absolute atomic E-state index is 0.446. The van der Waals surface area contributed by atoms with Crippen LogP contribution in [0.15, 0.2) is 60.8 Å². The molecule has 108 valence electrons. The third kappa shape index (κ3) is 2.81. The van der Waals surface area contributed by atoms with Crippen LogP contribution in [0.1, 0.15) is 11.1 Å². The Kier molecular flexibility index (Phi) is 3.87. The molecule has 0 atom stereocenters. The summed E-state index contributed by atoms with van der Waals surface area (Å²) in [6, 6.07) is 19.3. The van der Waals surface area contributed by atoms with Gasteiger partial charge in [-0.1, -0.05) is 30.3 Å². The van der Waals surface area contributed by atoms with E-state index in [2.05, 4.69) is 15.9 Å². The molecule has 0 spiro atoms. The van der Waals surface area contributed by atoms with Gasteiger partial charge in [0.15, 0.2) is 5.69 Å². The van der Waals surface area contributed by atoms with Gasteiger partial charge in [0.1, 0.15) is 0 Å². The second-order valence-electron chi connectivity index (χ2n) is 5.21. The number of rotatable bonds is 2. The van der Waals surface area contributed by atoms with E-state index in [1.54, 1.807) is 24.4 Å². The Morgan fingerprint density at radius 1 is 1.04 bits per heavy atom. The third-order valence-electron chi connectivity index (χ3n) is 3.67. The fourth-order valence-corrected chi connectivity index (χ4v) is 2.62. The van der Waals surface area contributed by atoms with Crippen molar-refractivity contribution in [2.75, 3.05) is 0 Å². The first-order valence-electron chi connectivity index (χ1n) is 7.17. The van der Waals surface area contributed by atoms with E-state index >= 15 is 0 Å². The average Bonchev–Trinajstić information content (AvgIpc) is 2.61. The zero-order chi connectivity index (χ0) is 16.2. The molecule has 0 aliphatic rings. The predicted octanol–water partition coefficient (Wildman–Crippen LogP) is 5.15. The maximum absolute atomic E-state index is 9.20. The van der Waals surface area contributed by atoms with Gasteiger partial charge in [0, 0.05) is 17.3 Å². The molecule has 0 saturated carbocycles. The van der Waals surface area contributed by atoms with E-state index < -0.39 is 0 Å². The van der Waals surface area contributed by atoms with Crippen molar-refractivity contribution in [2.45, 2.75) is 6.92 Å². The van der Waals surface area contributed by atoms with E-state index in [-0.39, 0.29) is 0 Å². The molecule has 3 nitrogen and oxygen atoms in total. The van der Waals surface area contributed by atoms with Gasteiger partial charge in [0.25, 0.3) is 0 Å². The largest absolute Gasteiger partial charge is 0.256 e. The topological polar surface area (TPSA) is 41.0 Å². The molecule has 0 fully saturated rings. The Morgan fingerprint density at radius 3 is 2.52 bits per heavy atom. The number of hydrogen-bond donors (Lipinski definition) is 0. The first-order chi connectivity index (χ1) is 11.2. The van der Waals surface area contributed by atoms with Gasteiger partial charge in [0.05, 0.1) is 18.3 Å². The van der Waals surface area contributed by atoms with Crippen molar-refractivity contribution in [2.24, 2.45) is 0 Å². The molecule has 0 unspecified atom stereocenters. The summed E-state index contributed by atoms with van der Waals surface area (Å²) in [5, 5.41) is 9.20. The minimum atomic E-state index is 0.446. The number of benzene rings is 2. The van der Waals surface area contributed by atoms with E-state index in [0.717, 1.165) is 27.9 Å². The summed E-state index contributed by atoms with van der Waals surface area (Å²) in [5.74, 6) is 0. The third-order valence-corrected chi connectivity index (χ3v) is 3.67. The average molecular weight is 295 g/mol. The van der Waals surface area contributed by atoms with E-state index in [9.17, 15) is 5.26 Å². The van der Waals surface area contributed by atoms with E-state index in [4.69, 9.17) is 6.57 Å². The Bertz CT molecular complexity index is 913. The fraction of sp³-hybridized carbons (Fsp3) is 0.0500. The van der Waals surface area contributed by atoms with E-state index in [0.29, 0.717) is 11.3 Å².